The topological polar surface area (TPSA) is 70.7 Å². The smallest absolute Gasteiger partial charge is 0.222 e. The van der Waals surface area contributed by atoms with Crippen LogP contribution in [0.1, 0.15) is 30.5 Å². The van der Waals surface area contributed by atoms with Crippen LogP contribution in [0.15, 0.2) is 24.3 Å². The van der Waals surface area contributed by atoms with Crippen LogP contribution in [0.5, 0.6) is 0 Å². The summed E-state index contributed by atoms with van der Waals surface area (Å²) in [6.07, 6.45) is 1.14. The summed E-state index contributed by atoms with van der Waals surface area (Å²) < 4.78 is 4.95. The Morgan fingerprint density at radius 1 is 1.24 bits per heavy atom. The quantitative estimate of drug-likeness (QED) is 0.677. The maximum Gasteiger partial charge on any atom is 0.222 e. The number of amides is 2. The van der Waals surface area contributed by atoms with E-state index < -0.39 is 0 Å². The van der Waals surface area contributed by atoms with Gasteiger partial charge >= 0.3 is 0 Å². The summed E-state index contributed by atoms with van der Waals surface area (Å²) in [5.74, 6) is -0.0139. The predicted molar refractivity (Wildman–Crippen MR) is 99.9 cm³/mol. The SMILES string of the molecule is COCCNCCNC(=O)CC1c2ccccc2CCN1C(C)=O.Cl. The first-order valence-electron chi connectivity index (χ1n) is 8.45. The molecule has 7 heteroatoms. The van der Waals surface area contributed by atoms with E-state index in [4.69, 9.17) is 4.74 Å². The first-order chi connectivity index (χ1) is 11.6. The summed E-state index contributed by atoms with van der Waals surface area (Å²) >= 11 is 0. The summed E-state index contributed by atoms with van der Waals surface area (Å²) in [5.41, 5.74) is 2.32. The zero-order valence-corrected chi connectivity index (χ0v) is 15.7. The highest BCUT2D eigenvalue weighted by molar-refractivity contribution is 5.85. The Balaban J connectivity index is 0.00000312. The molecule has 0 saturated carbocycles. The van der Waals surface area contributed by atoms with Crippen LogP contribution in [0.4, 0.5) is 0 Å². The van der Waals surface area contributed by atoms with E-state index in [2.05, 4.69) is 16.7 Å². The zero-order valence-electron chi connectivity index (χ0n) is 14.9. The van der Waals surface area contributed by atoms with Crippen molar-refractivity contribution in [2.24, 2.45) is 0 Å². The molecule has 25 heavy (non-hydrogen) atoms. The van der Waals surface area contributed by atoms with Gasteiger partial charge in [0.05, 0.1) is 19.1 Å². The van der Waals surface area contributed by atoms with Gasteiger partial charge in [0.15, 0.2) is 0 Å². The van der Waals surface area contributed by atoms with Gasteiger partial charge in [0, 0.05) is 40.2 Å². The molecule has 6 nitrogen and oxygen atoms in total. The molecule has 1 aromatic carbocycles. The summed E-state index contributed by atoms with van der Waals surface area (Å²) in [7, 11) is 1.66. The Labute approximate surface area is 155 Å². The molecule has 0 bridgehead atoms. The summed E-state index contributed by atoms with van der Waals surface area (Å²) in [6, 6.07) is 7.90. The van der Waals surface area contributed by atoms with Crippen molar-refractivity contribution >= 4 is 24.2 Å². The molecule has 2 rings (SSSR count). The third-order valence-corrected chi connectivity index (χ3v) is 4.30. The lowest BCUT2D eigenvalue weighted by molar-refractivity contribution is -0.133. The fourth-order valence-electron chi connectivity index (χ4n) is 3.09. The number of carbonyl (C=O) groups is 2. The Morgan fingerprint density at radius 3 is 2.72 bits per heavy atom. The minimum Gasteiger partial charge on any atom is -0.383 e. The Kier molecular flexibility index (Phi) is 9.49. The van der Waals surface area contributed by atoms with Crippen LogP contribution < -0.4 is 10.6 Å². The van der Waals surface area contributed by atoms with Gasteiger partial charge in [0.1, 0.15) is 0 Å². The highest BCUT2D eigenvalue weighted by Gasteiger charge is 2.30. The van der Waals surface area contributed by atoms with Crippen molar-refractivity contribution in [2.75, 3.05) is 39.9 Å². The maximum atomic E-state index is 12.3. The average Bonchev–Trinajstić information content (AvgIpc) is 2.58. The van der Waals surface area contributed by atoms with Gasteiger partial charge in [-0.2, -0.15) is 0 Å². The number of hydrogen-bond donors (Lipinski definition) is 2. The predicted octanol–water partition coefficient (Wildman–Crippen LogP) is 1.30. The first kappa shape index (κ1) is 21.4. The van der Waals surface area contributed by atoms with Crippen LogP contribution in [0.2, 0.25) is 0 Å². The molecule has 1 atom stereocenters. The number of ether oxygens (including phenoxy) is 1. The van der Waals surface area contributed by atoms with E-state index in [0.29, 0.717) is 32.7 Å². The molecule has 0 spiro atoms. The van der Waals surface area contributed by atoms with Gasteiger partial charge in [0.25, 0.3) is 0 Å². The largest absolute Gasteiger partial charge is 0.383 e. The van der Waals surface area contributed by atoms with Gasteiger partial charge in [-0.15, -0.1) is 12.4 Å². The van der Waals surface area contributed by atoms with E-state index >= 15 is 0 Å². The number of fused-ring (bicyclic) bond motifs is 1. The molecule has 1 aliphatic rings. The summed E-state index contributed by atoms with van der Waals surface area (Å²) in [6.45, 7) is 4.92. The second-order valence-corrected chi connectivity index (χ2v) is 5.97. The fraction of sp³-hybridized carbons (Fsp3) is 0.556. The van der Waals surface area contributed by atoms with Crippen LogP contribution in [-0.2, 0) is 20.7 Å². The van der Waals surface area contributed by atoms with Crippen molar-refractivity contribution in [1.29, 1.82) is 0 Å². The zero-order chi connectivity index (χ0) is 17.4. The highest BCUT2D eigenvalue weighted by atomic mass is 35.5. The summed E-state index contributed by atoms with van der Waals surface area (Å²) in [4.78, 5) is 26.0. The van der Waals surface area contributed by atoms with Gasteiger partial charge in [-0.3, -0.25) is 9.59 Å². The number of benzene rings is 1. The average molecular weight is 370 g/mol. The van der Waals surface area contributed by atoms with E-state index in [9.17, 15) is 9.59 Å². The van der Waals surface area contributed by atoms with Crippen molar-refractivity contribution in [2.45, 2.75) is 25.8 Å². The van der Waals surface area contributed by atoms with Gasteiger partial charge in [0.2, 0.25) is 11.8 Å². The second kappa shape index (κ2) is 11.1. The van der Waals surface area contributed by atoms with E-state index in [1.807, 2.05) is 18.2 Å². The molecule has 0 aliphatic carbocycles. The number of nitrogens with zero attached hydrogens (tertiary/aromatic N) is 1. The van der Waals surface area contributed by atoms with Crippen LogP contribution in [0.25, 0.3) is 0 Å². The van der Waals surface area contributed by atoms with Gasteiger partial charge in [-0.25, -0.2) is 0 Å². The van der Waals surface area contributed by atoms with Gasteiger partial charge in [-0.1, -0.05) is 24.3 Å². The Hall–Kier alpha value is -1.63. The molecule has 1 unspecified atom stereocenters. The van der Waals surface area contributed by atoms with Gasteiger partial charge < -0.3 is 20.3 Å². The van der Waals surface area contributed by atoms with Crippen LogP contribution in [-0.4, -0.2) is 56.6 Å². The fourth-order valence-corrected chi connectivity index (χ4v) is 3.09. The van der Waals surface area contributed by atoms with Crippen molar-refractivity contribution in [3.8, 4) is 0 Å². The monoisotopic (exact) mass is 369 g/mol. The van der Waals surface area contributed by atoms with Crippen LogP contribution >= 0.6 is 12.4 Å². The normalized spacial score (nSPS) is 15.9. The molecule has 2 amide bonds. The maximum absolute atomic E-state index is 12.3. The molecular formula is C18H28ClN3O3. The van der Waals surface area contributed by atoms with Crippen molar-refractivity contribution < 1.29 is 14.3 Å². The number of rotatable bonds is 8. The van der Waals surface area contributed by atoms with Crippen molar-refractivity contribution in [3.63, 3.8) is 0 Å². The van der Waals surface area contributed by atoms with E-state index in [1.165, 1.54) is 5.56 Å². The van der Waals surface area contributed by atoms with E-state index in [1.54, 1.807) is 18.9 Å². The molecular weight excluding hydrogens is 342 g/mol. The molecule has 1 aromatic rings. The molecule has 1 heterocycles. The number of methoxy groups -OCH3 is 1. The third kappa shape index (κ3) is 6.30. The second-order valence-electron chi connectivity index (χ2n) is 5.97. The van der Waals surface area contributed by atoms with Crippen molar-refractivity contribution in [3.05, 3.63) is 35.4 Å². The number of hydrogen-bond acceptors (Lipinski definition) is 4. The molecule has 1 aliphatic heterocycles. The Morgan fingerprint density at radius 2 is 2.00 bits per heavy atom. The highest BCUT2D eigenvalue weighted by Crippen LogP contribution is 2.32. The lowest BCUT2D eigenvalue weighted by Crippen LogP contribution is -2.42. The Bertz CT molecular complexity index is 568. The van der Waals surface area contributed by atoms with Crippen molar-refractivity contribution in [1.82, 2.24) is 15.5 Å². The molecule has 0 fully saturated rings. The van der Waals surface area contributed by atoms with Crippen LogP contribution in [0.3, 0.4) is 0 Å². The van der Waals surface area contributed by atoms with Crippen LogP contribution in [0, 0.1) is 0 Å². The van der Waals surface area contributed by atoms with E-state index in [-0.39, 0.29) is 30.3 Å². The lowest BCUT2D eigenvalue weighted by atomic mass is 9.90. The standard InChI is InChI=1S/C18H27N3O3.ClH/c1-14(22)21-11-7-15-5-3-4-6-16(15)17(21)13-18(23)20-9-8-19-10-12-24-2;/h3-6,17,19H,7-13H2,1-2H3,(H,20,23);1H. The van der Waals surface area contributed by atoms with Gasteiger partial charge in [-0.05, 0) is 17.5 Å². The minimum atomic E-state index is -0.172. The first-order valence-corrected chi connectivity index (χ1v) is 8.45. The molecule has 0 radical (unpaired) electrons. The molecule has 2 N–H and O–H groups in total. The number of nitrogens with one attached hydrogen (secondary N) is 2. The molecule has 140 valence electrons. The number of halogens is 1. The summed E-state index contributed by atoms with van der Waals surface area (Å²) in [5, 5.41) is 6.10. The minimum absolute atomic E-state index is 0. The molecule has 0 aromatic heterocycles. The third-order valence-electron chi connectivity index (χ3n) is 4.30. The van der Waals surface area contributed by atoms with E-state index in [0.717, 1.165) is 18.5 Å². The molecule has 0 saturated heterocycles. The number of carbonyl (C=O) groups excluding carboxylic acids is 2. The lowest BCUT2D eigenvalue weighted by Gasteiger charge is -2.36.